The maximum Gasteiger partial charge on any atom is 0.317 e. The Labute approximate surface area is 132 Å². The van der Waals surface area contributed by atoms with Crippen LogP contribution >= 0.6 is 15.9 Å². The van der Waals surface area contributed by atoms with Gasteiger partial charge in [-0.3, -0.25) is 4.90 Å². The predicted molar refractivity (Wildman–Crippen MR) is 82.6 cm³/mol. The molecule has 0 radical (unpaired) electrons. The fourth-order valence-corrected chi connectivity index (χ4v) is 3.66. The van der Waals surface area contributed by atoms with E-state index in [9.17, 15) is 4.79 Å². The molecule has 0 saturated carbocycles. The van der Waals surface area contributed by atoms with Gasteiger partial charge in [0.15, 0.2) is 0 Å². The molecule has 2 aliphatic heterocycles. The summed E-state index contributed by atoms with van der Waals surface area (Å²) in [5, 5.41) is 11.9. The molecule has 1 N–H and O–H groups in total. The summed E-state index contributed by atoms with van der Waals surface area (Å²) in [4.78, 5) is 15.9. The van der Waals surface area contributed by atoms with E-state index in [1.807, 2.05) is 30.1 Å². The number of nitrogens with one attached hydrogen (secondary N) is 1. The quantitative estimate of drug-likeness (QED) is 0.888. The fraction of sp³-hybridized carbons (Fsp3) is 0.467. The SMILES string of the molecule is CN1C(=O)N[C@@H]2CN(Cc3ccc(C#N)cc3Br)CC[C@@H]21. The number of rotatable bonds is 2. The molecule has 110 valence electrons. The van der Waals surface area contributed by atoms with Crippen molar-refractivity contribution in [3.05, 3.63) is 33.8 Å². The second kappa shape index (κ2) is 5.66. The Kier molecular flexibility index (Phi) is 3.87. The monoisotopic (exact) mass is 348 g/mol. The lowest BCUT2D eigenvalue weighted by atomic mass is 9.99. The highest BCUT2D eigenvalue weighted by Crippen LogP contribution is 2.25. The number of nitrogens with zero attached hydrogens (tertiary/aromatic N) is 3. The molecule has 1 aromatic carbocycles. The molecule has 0 aliphatic carbocycles. The number of urea groups is 1. The average molecular weight is 349 g/mol. The minimum Gasteiger partial charge on any atom is -0.332 e. The van der Waals surface area contributed by atoms with Gasteiger partial charge in [-0.15, -0.1) is 0 Å². The number of amides is 2. The van der Waals surface area contributed by atoms with Crippen LogP contribution in [0.2, 0.25) is 0 Å². The fourth-order valence-electron chi connectivity index (χ4n) is 3.15. The summed E-state index contributed by atoms with van der Waals surface area (Å²) in [6.45, 7) is 2.68. The zero-order valence-corrected chi connectivity index (χ0v) is 13.4. The number of likely N-dealkylation sites (N-methyl/N-ethyl adjacent to an activating group) is 1. The van der Waals surface area contributed by atoms with E-state index in [1.54, 1.807) is 0 Å². The number of carbonyl (C=O) groups is 1. The summed E-state index contributed by atoms with van der Waals surface area (Å²) in [6, 6.07) is 8.40. The standard InChI is InChI=1S/C15H17BrN4O/c1-19-14-4-5-20(9-13(14)18-15(19)21)8-11-3-2-10(7-17)6-12(11)16/h2-3,6,13-14H,4-5,8-9H2,1H3,(H,18,21)/t13-,14+/m1/s1. The number of benzene rings is 1. The zero-order chi connectivity index (χ0) is 15.0. The zero-order valence-electron chi connectivity index (χ0n) is 11.8. The lowest BCUT2D eigenvalue weighted by molar-refractivity contribution is 0.147. The molecule has 0 spiro atoms. The van der Waals surface area contributed by atoms with Gasteiger partial charge in [0.25, 0.3) is 0 Å². The molecule has 0 unspecified atom stereocenters. The first-order chi connectivity index (χ1) is 10.1. The van der Waals surface area contributed by atoms with Crippen molar-refractivity contribution in [2.45, 2.75) is 25.0 Å². The van der Waals surface area contributed by atoms with Crippen LogP contribution in [0.15, 0.2) is 22.7 Å². The van der Waals surface area contributed by atoms with Gasteiger partial charge in [0, 0.05) is 31.2 Å². The third-order valence-corrected chi connectivity index (χ3v) is 5.10. The van der Waals surface area contributed by atoms with Crippen molar-refractivity contribution in [3.8, 4) is 6.07 Å². The Morgan fingerprint density at radius 3 is 3.05 bits per heavy atom. The number of hydrogen-bond acceptors (Lipinski definition) is 3. The third-order valence-electron chi connectivity index (χ3n) is 4.36. The first-order valence-electron chi connectivity index (χ1n) is 7.02. The molecule has 0 bridgehead atoms. The van der Waals surface area contributed by atoms with E-state index in [0.717, 1.165) is 30.5 Å². The normalized spacial score (nSPS) is 25.4. The summed E-state index contributed by atoms with van der Waals surface area (Å²) < 4.78 is 0.969. The van der Waals surface area contributed by atoms with Gasteiger partial charge in [-0.1, -0.05) is 22.0 Å². The maximum absolute atomic E-state index is 11.7. The Bertz CT molecular complexity index is 612. The lowest BCUT2D eigenvalue weighted by Crippen LogP contribution is -2.50. The lowest BCUT2D eigenvalue weighted by Gasteiger charge is -2.35. The Hall–Kier alpha value is -1.58. The van der Waals surface area contributed by atoms with Gasteiger partial charge in [0.1, 0.15) is 0 Å². The smallest absolute Gasteiger partial charge is 0.317 e. The van der Waals surface area contributed by atoms with Gasteiger partial charge in [-0.25, -0.2) is 4.79 Å². The second-order valence-corrected chi connectivity index (χ2v) is 6.53. The molecular formula is C15H17BrN4O. The van der Waals surface area contributed by atoms with Crippen molar-refractivity contribution in [3.63, 3.8) is 0 Å². The first-order valence-corrected chi connectivity index (χ1v) is 7.82. The van der Waals surface area contributed by atoms with E-state index in [4.69, 9.17) is 5.26 Å². The van der Waals surface area contributed by atoms with Crippen LogP contribution in [0.4, 0.5) is 4.79 Å². The van der Waals surface area contributed by atoms with E-state index in [1.165, 1.54) is 5.56 Å². The molecule has 6 heteroatoms. The molecule has 2 aliphatic rings. The highest BCUT2D eigenvalue weighted by molar-refractivity contribution is 9.10. The van der Waals surface area contributed by atoms with Crippen molar-refractivity contribution in [2.75, 3.05) is 20.1 Å². The molecule has 2 heterocycles. The summed E-state index contributed by atoms with van der Waals surface area (Å²) in [7, 11) is 1.87. The van der Waals surface area contributed by atoms with E-state index in [2.05, 4.69) is 32.2 Å². The van der Waals surface area contributed by atoms with Crippen LogP contribution in [0.25, 0.3) is 0 Å². The van der Waals surface area contributed by atoms with Crippen LogP contribution in [-0.4, -0.2) is 48.1 Å². The molecule has 2 amide bonds. The molecule has 2 fully saturated rings. The summed E-state index contributed by atoms with van der Waals surface area (Å²) in [5.74, 6) is 0. The van der Waals surface area contributed by atoms with Gasteiger partial charge < -0.3 is 10.2 Å². The molecule has 5 nitrogen and oxygen atoms in total. The number of fused-ring (bicyclic) bond motifs is 1. The molecule has 2 saturated heterocycles. The van der Waals surface area contributed by atoms with E-state index >= 15 is 0 Å². The van der Waals surface area contributed by atoms with Gasteiger partial charge in [0.05, 0.1) is 23.7 Å². The largest absolute Gasteiger partial charge is 0.332 e. The molecule has 0 aromatic heterocycles. The van der Waals surface area contributed by atoms with E-state index < -0.39 is 0 Å². The van der Waals surface area contributed by atoms with Crippen molar-refractivity contribution in [1.82, 2.24) is 15.1 Å². The number of piperidine rings is 1. The van der Waals surface area contributed by atoms with Gasteiger partial charge >= 0.3 is 6.03 Å². The van der Waals surface area contributed by atoms with Crippen LogP contribution in [0.3, 0.4) is 0 Å². The summed E-state index contributed by atoms with van der Waals surface area (Å²) >= 11 is 3.53. The number of likely N-dealkylation sites (tertiary alicyclic amines) is 1. The highest BCUT2D eigenvalue weighted by atomic mass is 79.9. The van der Waals surface area contributed by atoms with Crippen LogP contribution in [0.1, 0.15) is 17.5 Å². The van der Waals surface area contributed by atoms with Crippen LogP contribution in [0.5, 0.6) is 0 Å². The van der Waals surface area contributed by atoms with Crippen molar-refractivity contribution >= 4 is 22.0 Å². The Balaban J connectivity index is 1.68. The van der Waals surface area contributed by atoms with Crippen LogP contribution in [-0.2, 0) is 6.54 Å². The van der Waals surface area contributed by atoms with Crippen LogP contribution < -0.4 is 5.32 Å². The predicted octanol–water partition coefficient (Wildman–Crippen LogP) is 1.92. The number of carbonyl (C=O) groups excluding carboxylic acids is 1. The maximum atomic E-state index is 11.7. The van der Waals surface area contributed by atoms with Crippen molar-refractivity contribution in [1.29, 1.82) is 5.26 Å². The molecular weight excluding hydrogens is 332 g/mol. The highest BCUT2D eigenvalue weighted by Gasteiger charge is 2.40. The number of hydrogen-bond donors (Lipinski definition) is 1. The molecule has 21 heavy (non-hydrogen) atoms. The minimum absolute atomic E-state index is 0.0337. The molecule has 1 aromatic rings. The summed E-state index contributed by atoms with van der Waals surface area (Å²) in [6.07, 6.45) is 0.994. The Morgan fingerprint density at radius 2 is 2.33 bits per heavy atom. The van der Waals surface area contributed by atoms with Gasteiger partial charge in [0.2, 0.25) is 0 Å². The van der Waals surface area contributed by atoms with E-state index in [0.29, 0.717) is 11.6 Å². The average Bonchev–Trinajstić information content (AvgIpc) is 2.76. The molecule has 3 rings (SSSR count). The van der Waals surface area contributed by atoms with Gasteiger partial charge in [-0.05, 0) is 24.1 Å². The number of halogens is 1. The number of nitriles is 1. The van der Waals surface area contributed by atoms with E-state index in [-0.39, 0.29) is 12.1 Å². The minimum atomic E-state index is 0.0337. The van der Waals surface area contributed by atoms with Crippen molar-refractivity contribution < 1.29 is 4.79 Å². The van der Waals surface area contributed by atoms with Crippen LogP contribution in [0, 0.1) is 11.3 Å². The molecule has 2 atom stereocenters. The Morgan fingerprint density at radius 1 is 1.52 bits per heavy atom. The second-order valence-electron chi connectivity index (χ2n) is 5.68. The topological polar surface area (TPSA) is 59.4 Å². The van der Waals surface area contributed by atoms with Gasteiger partial charge in [-0.2, -0.15) is 5.26 Å². The third kappa shape index (κ3) is 2.76. The summed E-state index contributed by atoms with van der Waals surface area (Å²) in [5.41, 5.74) is 1.83. The van der Waals surface area contributed by atoms with Crippen molar-refractivity contribution in [2.24, 2.45) is 0 Å². The first kappa shape index (κ1) is 14.4.